The van der Waals surface area contributed by atoms with Crippen LogP contribution in [0.25, 0.3) is 0 Å². The third kappa shape index (κ3) is 4.55. The van der Waals surface area contributed by atoms with E-state index in [1.54, 1.807) is 12.4 Å². The van der Waals surface area contributed by atoms with Crippen LogP contribution in [0.5, 0.6) is 0 Å². The molecule has 1 N–H and O–H groups in total. The van der Waals surface area contributed by atoms with Gasteiger partial charge in [-0.15, -0.1) is 0 Å². The van der Waals surface area contributed by atoms with Crippen LogP contribution in [0, 0.1) is 6.92 Å². The molecule has 0 aliphatic carbocycles. The first-order valence-electron chi connectivity index (χ1n) is 5.50. The van der Waals surface area contributed by atoms with Crippen molar-refractivity contribution in [2.24, 2.45) is 4.99 Å². The van der Waals surface area contributed by atoms with Gasteiger partial charge in [-0.2, -0.15) is 0 Å². The Hall–Kier alpha value is -1.20. The van der Waals surface area contributed by atoms with Gasteiger partial charge >= 0.3 is 0 Å². The number of aromatic nitrogens is 2. The summed E-state index contributed by atoms with van der Waals surface area (Å²) >= 11 is 0. The van der Waals surface area contributed by atoms with Crippen LogP contribution in [0.15, 0.2) is 11.2 Å². The highest BCUT2D eigenvalue weighted by atomic mass is 16.7. The monoisotopic (exact) mass is 225 g/mol. The SMILES string of the molecule is CCOC(CN=Cc1ncc(C)[nH]1)OCC. The number of nitrogens with one attached hydrogen (secondary N) is 1. The molecule has 0 aromatic carbocycles. The topological polar surface area (TPSA) is 59.5 Å². The van der Waals surface area contributed by atoms with Crippen LogP contribution in [0.3, 0.4) is 0 Å². The number of nitrogens with zero attached hydrogens (tertiary/aromatic N) is 2. The fourth-order valence-electron chi connectivity index (χ4n) is 1.25. The van der Waals surface area contributed by atoms with Crippen molar-refractivity contribution in [3.63, 3.8) is 0 Å². The number of aliphatic imine (C=N–C) groups is 1. The van der Waals surface area contributed by atoms with Crippen LogP contribution in [0.1, 0.15) is 25.4 Å². The van der Waals surface area contributed by atoms with Gasteiger partial charge in [-0.3, -0.25) is 4.99 Å². The summed E-state index contributed by atoms with van der Waals surface area (Å²) in [6, 6.07) is 0. The van der Waals surface area contributed by atoms with Gasteiger partial charge in [0.15, 0.2) is 6.29 Å². The van der Waals surface area contributed by atoms with Crippen LogP contribution in [0.2, 0.25) is 0 Å². The van der Waals surface area contributed by atoms with Crippen molar-refractivity contribution in [3.8, 4) is 0 Å². The van der Waals surface area contributed by atoms with E-state index in [1.165, 1.54) is 0 Å². The standard InChI is InChI=1S/C11H19N3O2/c1-4-15-11(16-5-2)8-12-7-10-13-6-9(3)14-10/h6-7,11H,4-5,8H2,1-3H3,(H,13,14). The van der Waals surface area contributed by atoms with E-state index in [9.17, 15) is 0 Å². The van der Waals surface area contributed by atoms with Gasteiger partial charge in [0.05, 0.1) is 12.8 Å². The van der Waals surface area contributed by atoms with E-state index in [0.29, 0.717) is 19.8 Å². The van der Waals surface area contributed by atoms with Crippen molar-refractivity contribution in [3.05, 3.63) is 17.7 Å². The molecule has 0 unspecified atom stereocenters. The van der Waals surface area contributed by atoms with E-state index in [2.05, 4.69) is 15.0 Å². The Balaban J connectivity index is 2.38. The van der Waals surface area contributed by atoms with Crippen molar-refractivity contribution < 1.29 is 9.47 Å². The number of imidazole rings is 1. The summed E-state index contributed by atoms with van der Waals surface area (Å²) in [4.78, 5) is 11.4. The quantitative estimate of drug-likeness (QED) is 0.565. The molecule has 1 heterocycles. The molecule has 0 fully saturated rings. The Morgan fingerprint density at radius 2 is 2.12 bits per heavy atom. The molecule has 1 aromatic rings. The van der Waals surface area contributed by atoms with E-state index in [1.807, 2.05) is 20.8 Å². The molecule has 0 saturated carbocycles. The summed E-state index contributed by atoms with van der Waals surface area (Å²) in [6.07, 6.45) is 3.20. The number of aromatic amines is 1. The van der Waals surface area contributed by atoms with Gasteiger partial charge in [0.1, 0.15) is 5.82 Å². The van der Waals surface area contributed by atoms with Crippen molar-refractivity contribution in [2.75, 3.05) is 19.8 Å². The van der Waals surface area contributed by atoms with Gasteiger partial charge in [-0.25, -0.2) is 4.98 Å². The molecule has 0 spiro atoms. The van der Waals surface area contributed by atoms with Crippen molar-refractivity contribution >= 4 is 6.21 Å². The highest BCUT2D eigenvalue weighted by Gasteiger charge is 2.05. The van der Waals surface area contributed by atoms with E-state index in [-0.39, 0.29) is 6.29 Å². The molecule has 0 saturated heterocycles. The smallest absolute Gasteiger partial charge is 0.176 e. The molecule has 0 aliphatic heterocycles. The Morgan fingerprint density at radius 3 is 2.62 bits per heavy atom. The maximum atomic E-state index is 5.36. The Kier molecular flexibility index (Phi) is 5.74. The lowest BCUT2D eigenvalue weighted by Gasteiger charge is -2.13. The average Bonchev–Trinajstić information content (AvgIpc) is 2.65. The molecule has 0 bridgehead atoms. The summed E-state index contributed by atoms with van der Waals surface area (Å²) in [5.74, 6) is 0.754. The minimum atomic E-state index is -0.262. The summed E-state index contributed by atoms with van der Waals surface area (Å²) in [5, 5.41) is 0. The normalized spacial score (nSPS) is 11.8. The second-order valence-electron chi connectivity index (χ2n) is 3.29. The number of hydrogen-bond acceptors (Lipinski definition) is 4. The molecular formula is C11H19N3O2. The predicted octanol–water partition coefficient (Wildman–Crippen LogP) is 1.54. The second kappa shape index (κ2) is 7.14. The largest absolute Gasteiger partial charge is 0.351 e. The third-order valence-electron chi connectivity index (χ3n) is 1.90. The van der Waals surface area contributed by atoms with Crippen LogP contribution < -0.4 is 0 Å². The molecule has 1 rings (SSSR count). The molecule has 5 nitrogen and oxygen atoms in total. The molecule has 5 heteroatoms. The first-order chi connectivity index (χ1) is 7.76. The van der Waals surface area contributed by atoms with Gasteiger partial charge in [-0.05, 0) is 20.8 Å². The Labute approximate surface area is 95.9 Å². The first kappa shape index (κ1) is 12.9. The number of aryl methyl sites for hydroxylation is 1. The maximum absolute atomic E-state index is 5.36. The summed E-state index contributed by atoms with van der Waals surface area (Å²) < 4.78 is 10.7. The van der Waals surface area contributed by atoms with E-state index >= 15 is 0 Å². The zero-order valence-electron chi connectivity index (χ0n) is 10.1. The third-order valence-corrected chi connectivity index (χ3v) is 1.90. The number of H-pyrrole nitrogens is 1. The lowest BCUT2D eigenvalue weighted by molar-refractivity contribution is -0.128. The highest BCUT2D eigenvalue weighted by Crippen LogP contribution is 1.96. The van der Waals surface area contributed by atoms with Gasteiger partial charge < -0.3 is 14.5 Å². The van der Waals surface area contributed by atoms with Gasteiger partial charge in [0.2, 0.25) is 0 Å². The lowest BCUT2D eigenvalue weighted by atomic mass is 10.6. The number of hydrogen-bond donors (Lipinski definition) is 1. The van der Waals surface area contributed by atoms with Gasteiger partial charge in [0, 0.05) is 25.1 Å². The van der Waals surface area contributed by atoms with Crippen LogP contribution >= 0.6 is 0 Å². The molecule has 0 amide bonds. The van der Waals surface area contributed by atoms with Crippen LogP contribution in [-0.2, 0) is 9.47 Å². The second-order valence-corrected chi connectivity index (χ2v) is 3.29. The van der Waals surface area contributed by atoms with Crippen LogP contribution in [0.4, 0.5) is 0 Å². The van der Waals surface area contributed by atoms with Crippen molar-refractivity contribution in [2.45, 2.75) is 27.1 Å². The summed E-state index contributed by atoms with van der Waals surface area (Å²) in [7, 11) is 0. The van der Waals surface area contributed by atoms with E-state index in [0.717, 1.165) is 11.5 Å². The van der Waals surface area contributed by atoms with Crippen molar-refractivity contribution in [1.82, 2.24) is 9.97 Å². The Morgan fingerprint density at radius 1 is 1.44 bits per heavy atom. The molecule has 90 valence electrons. The first-order valence-corrected chi connectivity index (χ1v) is 5.50. The average molecular weight is 225 g/mol. The molecule has 0 aliphatic rings. The zero-order chi connectivity index (χ0) is 11.8. The predicted molar refractivity (Wildman–Crippen MR) is 62.8 cm³/mol. The van der Waals surface area contributed by atoms with Crippen molar-refractivity contribution in [1.29, 1.82) is 0 Å². The fourth-order valence-corrected chi connectivity index (χ4v) is 1.25. The molecule has 16 heavy (non-hydrogen) atoms. The number of ether oxygens (including phenoxy) is 2. The minimum Gasteiger partial charge on any atom is -0.351 e. The number of rotatable bonds is 7. The minimum absolute atomic E-state index is 0.262. The van der Waals surface area contributed by atoms with E-state index in [4.69, 9.17) is 9.47 Å². The van der Waals surface area contributed by atoms with Crippen LogP contribution in [-0.4, -0.2) is 42.2 Å². The maximum Gasteiger partial charge on any atom is 0.176 e. The lowest BCUT2D eigenvalue weighted by Crippen LogP contribution is -2.20. The van der Waals surface area contributed by atoms with Gasteiger partial charge in [0.25, 0.3) is 0 Å². The highest BCUT2D eigenvalue weighted by molar-refractivity contribution is 5.74. The molecule has 1 aromatic heterocycles. The zero-order valence-corrected chi connectivity index (χ0v) is 10.1. The summed E-state index contributed by atoms with van der Waals surface area (Å²) in [5.41, 5.74) is 1.02. The fraction of sp³-hybridized carbons (Fsp3) is 0.636. The van der Waals surface area contributed by atoms with Gasteiger partial charge in [-0.1, -0.05) is 0 Å². The molecular weight excluding hydrogens is 206 g/mol. The Bertz CT molecular complexity index is 317. The van der Waals surface area contributed by atoms with E-state index < -0.39 is 0 Å². The summed E-state index contributed by atoms with van der Waals surface area (Å²) in [6.45, 7) is 7.56. The molecule has 0 atom stereocenters. The molecule has 0 radical (unpaired) electrons.